The fourth-order valence-electron chi connectivity index (χ4n) is 4.31. The molecule has 0 N–H and O–H groups in total. The zero-order chi connectivity index (χ0) is 26.4. The Kier molecular flexibility index (Phi) is 9.15. The molecule has 2 atom stereocenters. The average molecular weight is 536 g/mol. The van der Waals surface area contributed by atoms with Crippen LogP contribution in [-0.4, -0.2) is 13.2 Å². The van der Waals surface area contributed by atoms with Gasteiger partial charge in [0, 0.05) is 10.0 Å². The van der Waals surface area contributed by atoms with Crippen molar-refractivity contribution in [1.82, 2.24) is 0 Å². The Hall–Kier alpha value is -2.98. The van der Waals surface area contributed by atoms with Crippen molar-refractivity contribution >= 4 is 23.2 Å². The lowest BCUT2D eigenvalue weighted by atomic mass is 9.96. The third kappa shape index (κ3) is 6.67. The van der Waals surface area contributed by atoms with Crippen molar-refractivity contribution in [1.29, 1.82) is 0 Å². The second-order valence-corrected chi connectivity index (χ2v) is 9.73. The molecule has 0 spiro atoms. The smallest absolute Gasteiger partial charge is 0.119 e. The van der Waals surface area contributed by atoms with Gasteiger partial charge in [-0.15, -0.1) is 0 Å². The minimum absolute atomic E-state index is 0.348. The van der Waals surface area contributed by atoms with Crippen LogP contribution >= 0.6 is 23.2 Å². The van der Waals surface area contributed by atoms with E-state index in [4.69, 9.17) is 37.4 Å². The fraction of sp³-hybridized carbons (Fsp3) is 0.250. The minimum atomic E-state index is -0.348. The van der Waals surface area contributed by atoms with Gasteiger partial charge in [-0.1, -0.05) is 71.7 Å². The molecule has 0 bridgehead atoms. The first-order chi connectivity index (χ1) is 17.9. The van der Waals surface area contributed by atoms with Gasteiger partial charge in [-0.25, -0.2) is 0 Å². The first kappa shape index (κ1) is 27.1. The van der Waals surface area contributed by atoms with E-state index in [-0.39, 0.29) is 12.2 Å². The number of rotatable bonds is 10. The molecule has 3 nitrogen and oxygen atoms in total. The third-order valence-corrected chi connectivity index (χ3v) is 7.08. The van der Waals surface area contributed by atoms with Gasteiger partial charge in [0.05, 0.1) is 13.2 Å². The molecule has 4 rings (SSSR count). The van der Waals surface area contributed by atoms with Gasteiger partial charge in [0.2, 0.25) is 0 Å². The summed E-state index contributed by atoms with van der Waals surface area (Å²) in [6, 6.07) is 28.2. The van der Waals surface area contributed by atoms with Crippen LogP contribution in [0.1, 0.15) is 59.4 Å². The van der Waals surface area contributed by atoms with E-state index in [1.54, 1.807) is 0 Å². The zero-order valence-electron chi connectivity index (χ0n) is 21.6. The molecule has 0 heterocycles. The Morgan fingerprint density at radius 2 is 0.892 bits per heavy atom. The number of hydrogen-bond acceptors (Lipinski definition) is 3. The van der Waals surface area contributed by atoms with Gasteiger partial charge in [0.1, 0.15) is 23.7 Å². The lowest BCUT2D eigenvalue weighted by Gasteiger charge is -2.27. The van der Waals surface area contributed by atoms with Gasteiger partial charge >= 0.3 is 0 Å². The van der Waals surface area contributed by atoms with Crippen LogP contribution in [0, 0.1) is 13.8 Å². The minimum Gasteiger partial charge on any atom is -0.494 e. The van der Waals surface area contributed by atoms with E-state index < -0.39 is 0 Å². The highest BCUT2D eigenvalue weighted by atomic mass is 35.5. The van der Waals surface area contributed by atoms with Gasteiger partial charge < -0.3 is 14.2 Å². The molecule has 0 amide bonds. The van der Waals surface area contributed by atoms with Crippen molar-refractivity contribution in [3.8, 4) is 11.5 Å². The van der Waals surface area contributed by atoms with Crippen molar-refractivity contribution in [3.63, 3.8) is 0 Å². The molecule has 5 heteroatoms. The van der Waals surface area contributed by atoms with Crippen LogP contribution in [-0.2, 0) is 4.74 Å². The number of halogens is 2. The quantitative estimate of drug-likeness (QED) is 0.203. The predicted octanol–water partition coefficient (Wildman–Crippen LogP) is 9.30. The second-order valence-electron chi connectivity index (χ2n) is 8.92. The Bertz CT molecular complexity index is 1210. The predicted molar refractivity (Wildman–Crippen MR) is 152 cm³/mol. The molecule has 0 saturated carbocycles. The van der Waals surface area contributed by atoms with Crippen molar-refractivity contribution in [2.75, 3.05) is 13.2 Å². The SMILES string of the molecule is CCOc1ccc(C(OC(c2ccc(OCC)cc2)c2ccc(Cl)c(C)c2)c2ccc(Cl)c(C)c2)cc1. The number of ether oxygens (including phenoxy) is 3. The highest BCUT2D eigenvalue weighted by Gasteiger charge is 2.24. The van der Waals surface area contributed by atoms with Crippen molar-refractivity contribution in [3.05, 3.63) is 128 Å². The Balaban J connectivity index is 1.80. The summed E-state index contributed by atoms with van der Waals surface area (Å²) in [4.78, 5) is 0. The summed E-state index contributed by atoms with van der Waals surface area (Å²) in [6.45, 7) is 9.20. The second kappa shape index (κ2) is 12.5. The molecular formula is C32H32Cl2O3. The Morgan fingerprint density at radius 1 is 0.541 bits per heavy atom. The van der Waals surface area contributed by atoms with Crippen LogP contribution in [0.15, 0.2) is 84.9 Å². The number of benzene rings is 4. The molecule has 4 aromatic rings. The molecule has 37 heavy (non-hydrogen) atoms. The molecule has 0 aromatic heterocycles. The van der Waals surface area contributed by atoms with Crippen molar-refractivity contribution < 1.29 is 14.2 Å². The first-order valence-corrected chi connectivity index (χ1v) is 13.3. The summed E-state index contributed by atoms with van der Waals surface area (Å²) in [5, 5.41) is 1.45. The molecule has 192 valence electrons. The summed E-state index contributed by atoms with van der Waals surface area (Å²) in [6.07, 6.45) is -0.696. The van der Waals surface area contributed by atoms with E-state index in [2.05, 4.69) is 36.4 Å². The lowest BCUT2D eigenvalue weighted by molar-refractivity contribution is 0.0307. The van der Waals surface area contributed by atoms with E-state index in [9.17, 15) is 0 Å². The average Bonchev–Trinajstić information content (AvgIpc) is 2.90. The van der Waals surface area contributed by atoms with E-state index in [1.807, 2.05) is 76.2 Å². The maximum atomic E-state index is 7.02. The molecule has 0 saturated heterocycles. The maximum absolute atomic E-state index is 7.02. The zero-order valence-corrected chi connectivity index (χ0v) is 23.1. The number of aryl methyl sites for hydroxylation is 2. The molecule has 0 aliphatic carbocycles. The van der Waals surface area contributed by atoms with Crippen LogP contribution in [0.2, 0.25) is 10.0 Å². The molecule has 0 radical (unpaired) electrons. The van der Waals surface area contributed by atoms with Crippen LogP contribution < -0.4 is 9.47 Å². The summed E-state index contributed by atoms with van der Waals surface area (Å²) in [5.74, 6) is 1.65. The van der Waals surface area contributed by atoms with Gasteiger partial charge in [0.15, 0.2) is 0 Å². The highest BCUT2D eigenvalue weighted by molar-refractivity contribution is 6.31. The Labute approximate surface area is 229 Å². The third-order valence-electron chi connectivity index (χ3n) is 6.23. The summed E-state index contributed by atoms with van der Waals surface area (Å²) >= 11 is 12.8. The van der Waals surface area contributed by atoms with Crippen LogP contribution in [0.4, 0.5) is 0 Å². The summed E-state index contributed by atoms with van der Waals surface area (Å²) in [5.41, 5.74) is 6.08. The summed E-state index contributed by atoms with van der Waals surface area (Å²) < 4.78 is 18.4. The molecule has 0 aliphatic rings. The van der Waals surface area contributed by atoms with Crippen molar-refractivity contribution in [2.24, 2.45) is 0 Å². The topological polar surface area (TPSA) is 27.7 Å². The van der Waals surface area contributed by atoms with Crippen molar-refractivity contribution in [2.45, 2.75) is 39.9 Å². The van der Waals surface area contributed by atoms with E-state index in [0.717, 1.165) is 54.9 Å². The van der Waals surface area contributed by atoms with E-state index in [1.165, 1.54) is 0 Å². The Morgan fingerprint density at radius 3 is 1.22 bits per heavy atom. The van der Waals surface area contributed by atoms with Crippen LogP contribution in [0.3, 0.4) is 0 Å². The van der Waals surface area contributed by atoms with E-state index in [0.29, 0.717) is 13.2 Å². The molecule has 2 unspecified atom stereocenters. The fourth-order valence-corrected chi connectivity index (χ4v) is 4.54. The molecule has 0 aliphatic heterocycles. The van der Waals surface area contributed by atoms with Crippen LogP contribution in [0.25, 0.3) is 0 Å². The van der Waals surface area contributed by atoms with Gasteiger partial charge in [0.25, 0.3) is 0 Å². The van der Waals surface area contributed by atoms with E-state index >= 15 is 0 Å². The van der Waals surface area contributed by atoms with Gasteiger partial charge in [-0.3, -0.25) is 0 Å². The molecule has 4 aromatic carbocycles. The first-order valence-electron chi connectivity index (χ1n) is 12.5. The maximum Gasteiger partial charge on any atom is 0.119 e. The normalized spacial score (nSPS) is 12.7. The number of hydrogen-bond donors (Lipinski definition) is 0. The van der Waals surface area contributed by atoms with Gasteiger partial charge in [-0.2, -0.15) is 0 Å². The highest BCUT2D eigenvalue weighted by Crippen LogP contribution is 2.38. The molecular weight excluding hydrogens is 503 g/mol. The molecule has 0 fully saturated rings. The lowest BCUT2D eigenvalue weighted by Crippen LogP contribution is -2.14. The standard InChI is InChI=1S/C32H32Cl2O3/c1-5-35-27-13-7-23(8-14-27)31(25-11-17-29(33)21(3)19-25)37-32(26-12-18-30(34)22(4)20-26)24-9-15-28(16-10-24)36-6-2/h7-20,31-32H,5-6H2,1-4H3. The van der Waals surface area contributed by atoms with Gasteiger partial charge in [-0.05, 0) is 97.5 Å². The monoisotopic (exact) mass is 534 g/mol. The van der Waals surface area contributed by atoms with Crippen LogP contribution in [0.5, 0.6) is 11.5 Å². The summed E-state index contributed by atoms with van der Waals surface area (Å²) in [7, 11) is 0. The largest absolute Gasteiger partial charge is 0.494 e.